The molecule has 0 unspecified atom stereocenters. The highest BCUT2D eigenvalue weighted by Crippen LogP contribution is 2.29. The minimum Gasteiger partial charge on any atom is -0.466 e. The smallest absolute Gasteiger partial charge is 0.310 e. The van der Waals surface area contributed by atoms with E-state index < -0.39 is 11.7 Å². The summed E-state index contributed by atoms with van der Waals surface area (Å²) >= 11 is 0. The van der Waals surface area contributed by atoms with Crippen LogP contribution in [-0.4, -0.2) is 48.9 Å². The number of hydrogen-bond acceptors (Lipinski definition) is 5. The molecule has 1 atom stereocenters. The van der Waals surface area contributed by atoms with Gasteiger partial charge in [0, 0.05) is 6.54 Å². The number of para-hydroxylation sites is 1. The standard InChI is InChI=1S/C17H20N2O4/c1-2-23-17(22)12-6-5-9-18(10-12)11-19-14-8-4-3-7-13(14)15(20)16(19)21/h3-4,7-8,12H,2,5-6,9-11H2,1H3/t12-/m0/s1. The number of hydrogen-bond donors (Lipinski definition) is 0. The largest absolute Gasteiger partial charge is 0.466 e. The third-order valence-corrected chi connectivity index (χ3v) is 4.35. The van der Waals surface area contributed by atoms with Crippen molar-refractivity contribution in [3.8, 4) is 0 Å². The number of rotatable bonds is 4. The second-order valence-electron chi connectivity index (χ2n) is 5.89. The van der Waals surface area contributed by atoms with E-state index in [1.807, 2.05) is 11.0 Å². The van der Waals surface area contributed by atoms with Crippen LogP contribution in [0.1, 0.15) is 30.1 Å². The minimum atomic E-state index is -0.496. The van der Waals surface area contributed by atoms with E-state index >= 15 is 0 Å². The van der Waals surface area contributed by atoms with Gasteiger partial charge in [0.05, 0.1) is 30.4 Å². The lowest BCUT2D eigenvalue weighted by Crippen LogP contribution is -2.46. The van der Waals surface area contributed by atoms with Crippen molar-refractivity contribution in [2.24, 2.45) is 5.92 Å². The molecule has 23 heavy (non-hydrogen) atoms. The van der Waals surface area contributed by atoms with Crippen LogP contribution in [0.4, 0.5) is 5.69 Å². The first kappa shape index (κ1) is 15.7. The number of ether oxygens (including phenoxy) is 1. The third kappa shape index (κ3) is 2.99. The first-order chi connectivity index (χ1) is 11.1. The van der Waals surface area contributed by atoms with Gasteiger partial charge in [-0.25, -0.2) is 0 Å². The summed E-state index contributed by atoms with van der Waals surface area (Å²) in [6, 6.07) is 7.03. The maximum Gasteiger partial charge on any atom is 0.310 e. The summed E-state index contributed by atoms with van der Waals surface area (Å²) in [5, 5.41) is 0. The van der Waals surface area contributed by atoms with Crippen LogP contribution in [0.3, 0.4) is 0 Å². The molecule has 6 heteroatoms. The Hall–Kier alpha value is -2.21. The normalized spacial score (nSPS) is 21.4. The van der Waals surface area contributed by atoms with Gasteiger partial charge in [-0.05, 0) is 38.4 Å². The van der Waals surface area contributed by atoms with Gasteiger partial charge >= 0.3 is 11.9 Å². The predicted octanol–water partition coefficient (Wildman–Crippen LogP) is 1.45. The Morgan fingerprint density at radius 2 is 2.09 bits per heavy atom. The lowest BCUT2D eigenvalue weighted by Gasteiger charge is -2.34. The molecular weight excluding hydrogens is 296 g/mol. The molecule has 2 heterocycles. The zero-order valence-electron chi connectivity index (χ0n) is 13.2. The molecule has 1 saturated heterocycles. The number of esters is 1. The average Bonchev–Trinajstić information content (AvgIpc) is 2.81. The summed E-state index contributed by atoms with van der Waals surface area (Å²) in [5.74, 6) is -1.29. The van der Waals surface area contributed by atoms with Crippen LogP contribution < -0.4 is 4.90 Å². The Bertz CT molecular complexity index is 643. The second-order valence-corrected chi connectivity index (χ2v) is 5.89. The molecule has 0 aromatic heterocycles. The molecule has 0 radical (unpaired) electrons. The Labute approximate surface area is 135 Å². The Morgan fingerprint density at radius 1 is 1.30 bits per heavy atom. The summed E-state index contributed by atoms with van der Waals surface area (Å²) in [6.07, 6.45) is 1.68. The molecule has 0 N–H and O–H groups in total. The van der Waals surface area contributed by atoms with E-state index in [0.29, 0.717) is 31.1 Å². The molecule has 0 saturated carbocycles. The summed E-state index contributed by atoms with van der Waals surface area (Å²) in [4.78, 5) is 39.7. The number of carbonyl (C=O) groups is 3. The van der Waals surface area contributed by atoms with E-state index in [-0.39, 0.29) is 11.9 Å². The highest BCUT2D eigenvalue weighted by molar-refractivity contribution is 6.52. The van der Waals surface area contributed by atoms with Gasteiger partial charge in [-0.3, -0.25) is 24.2 Å². The minimum absolute atomic E-state index is 0.160. The van der Waals surface area contributed by atoms with Crippen LogP contribution in [-0.2, 0) is 14.3 Å². The van der Waals surface area contributed by atoms with Crippen LogP contribution >= 0.6 is 0 Å². The molecule has 6 nitrogen and oxygen atoms in total. The van der Waals surface area contributed by atoms with Gasteiger partial charge in [0.15, 0.2) is 0 Å². The fourth-order valence-electron chi connectivity index (χ4n) is 3.23. The number of piperidine rings is 1. The average molecular weight is 316 g/mol. The molecule has 0 aliphatic carbocycles. The quantitative estimate of drug-likeness (QED) is 0.621. The zero-order chi connectivity index (χ0) is 16.4. The first-order valence-corrected chi connectivity index (χ1v) is 7.96. The van der Waals surface area contributed by atoms with Crippen molar-refractivity contribution in [3.05, 3.63) is 29.8 Å². The number of anilines is 1. The number of amides is 1. The van der Waals surface area contributed by atoms with Gasteiger partial charge in [-0.2, -0.15) is 0 Å². The highest BCUT2D eigenvalue weighted by Gasteiger charge is 2.37. The Morgan fingerprint density at radius 3 is 2.87 bits per heavy atom. The second kappa shape index (κ2) is 6.50. The van der Waals surface area contributed by atoms with Crippen LogP contribution in [0.2, 0.25) is 0 Å². The van der Waals surface area contributed by atoms with E-state index in [0.717, 1.165) is 19.4 Å². The van der Waals surface area contributed by atoms with Crippen LogP contribution in [0.15, 0.2) is 24.3 Å². The Kier molecular flexibility index (Phi) is 4.43. The maximum absolute atomic E-state index is 12.2. The summed E-state index contributed by atoms with van der Waals surface area (Å²) < 4.78 is 5.09. The fraction of sp³-hybridized carbons (Fsp3) is 0.471. The molecular formula is C17H20N2O4. The van der Waals surface area contributed by atoms with E-state index in [2.05, 4.69) is 0 Å². The molecule has 1 amide bonds. The lowest BCUT2D eigenvalue weighted by atomic mass is 9.98. The van der Waals surface area contributed by atoms with E-state index in [1.165, 1.54) is 4.90 Å². The van der Waals surface area contributed by atoms with Crippen LogP contribution in [0.25, 0.3) is 0 Å². The lowest BCUT2D eigenvalue weighted by molar-refractivity contribution is -0.149. The molecule has 2 aliphatic heterocycles. The SMILES string of the molecule is CCOC(=O)[C@H]1CCCN(CN2C(=O)C(=O)c3ccccc32)C1. The number of nitrogens with zero attached hydrogens (tertiary/aromatic N) is 2. The predicted molar refractivity (Wildman–Crippen MR) is 84.1 cm³/mol. The first-order valence-electron chi connectivity index (χ1n) is 7.96. The van der Waals surface area contributed by atoms with Crippen LogP contribution in [0.5, 0.6) is 0 Å². The van der Waals surface area contributed by atoms with Gasteiger partial charge in [0.2, 0.25) is 0 Å². The third-order valence-electron chi connectivity index (χ3n) is 4.35. The van der Waals surface area contributed by atoms with Crippen molar-refractivity contribution in [2.75, 3.05) is 31.3 Å². The van der Waals surface area contributed by atoms with E-state index in [9.17, 15) is 14.4 Å². The van der Waals surface area contributed by atoms with Crippen molar-refractivity contribution in [1.82, 2.24) is 4.90 Å². The van der Waals surface area contributed by atoms with E-state index in [4.69, 9.17) is 4.74 Å². The Balaban J connectivity index is 1.71. The number of likely N-dealkylation sites (tertiary alicyclic amines) is 1. The van der Waals surface area contributed by atoms with Gasteiger partial charge in [0.25, 0.3) is 5.78 Å². The zero-order valence-corrected chi connectivity index (χ0v) is 13.2. The van der Waals surface area contributed by atoms with Crippen molar-refractivity contribution in [2.45, 2.75) is 19.8 Å². The summed E-state index contributed by atoms with van der Waals surface area (Å²) in [7, 11) is 0. The number of carbonyl (C=O) groups excluding carboxylic acids is 3. The van der Waals surface area contributed by atoms with Crippen LogP contribution in [0, 0.1) is 5.92 Å². The molecule has 0 bridgehead atoms. The summed E-state index contributed by atoms with van der Waals surface area (Å²) in [5.41, 5.74) is 1.11. The van der Waals surface area contributed by atoms with Crippen molar-refractivity contribution < 1.29 is 19.1 Å². The molecule has 0 spiro atoms. The maximum atomic E-state index is 12.2. The van der Waals surface area contributed by atoms with Crippen molar-refractivity contribution in [3.63, 3.8) is 0 Å². The molecule has 2 aliphatic rings. The summed E-state index contributed by atoms with van der Waals surface area (Å²) in [6.45, 7) is 3.86. The van der Waals surface area contributed by atoms with Gasteiger partial charge in [-0.15, -0.1) is 0 Å². The van der Waals surface area contributed by atoms with Crippen molar-refractivity contribution >= 4 is 23.3 Å². The molecule has 1 aromatic rings. The molecule has 1 aromatic carbocycles. The molecule has 3 rings (SSSR count). The number of fused-ring (bicyclic) bond motifs is 1. The van der Waals surface area contributed by atoms with Gasteiger partial charge in [-0.1, -0.05) is 12.1 Å². The van der Waals surface area contributed by atoms with Gasteiger partial charge < -0.3 is 4.74 Å². The molecule has 122 valence electrons. The topological polar surface area (TPSA) is 66.9 Å². The number of ketones is 1. The van der Waals surface area contributed by atoms with Gasteiger partial charge in [0.1, 0.15) is 0 Å². The molecule has 1 fully saturated rings. The highest BCUT2D eigenvalue weighted by atomic mass is 16.5. The monoisotopic (exact) mass is 316 g/mol. The fourth-order valence-corrected chi connectivity index (χ4v) is 3.23. The number of Topliss-reactive ketones (excluding diaryl/α,β-unsaturated/α-hetero) is 1. The van der Waals surface area contributed by atoms with Crippen molar-refractivity contribution in [1.29, 1.82) is 0 Å². The van der Waals surface area contributed by atoms with E-state index in [1.54, 1.807) is 25.1 Å². The number of benzene rings is 1.